The minimum absolute atomic E-state index is 0.0703. The number of carbonyl (C=O) groups excluding carboxylic acids is 1. The maximum Gasteiger partial charge on any atom is 0.417 e. The molecule has 0 bridgehead atoms. The summed E-state index contributed by atoms with van der Waals surface area (Å²) in [5, 5.41) is -0.644. The molecular weight excluding hydrogens is 457 g/mol. The highest BCUT2D eigenvalue weighted by molar-refractivity contribution is 7.92. The first-order chi connectivity index (χ1) is 14.4. The van der Waals surface area contributed by atoms with Gasteiger partial charge in [0.1, 0.15) is 11.5 Å². The molecule has 0 spiro atoms. The molecule has 7 nitrogen and oxygen atoms in total. The van der Waals surface area contributed by atoms with Gasteiger partial charge >= 0.3 is 6.18 Å². The zero-order valence-corrected chi connectivity index (χ0v) is 17.3. The van der Waals surface area contributed by atoms with Gasteiger partial charge < -0.3 is 5.73 Å². The first-order valence-electron chi connectivity index (χ1n) is 8.51. The highest BCUT2D eigenvalue weighted by atomic mass is 35.5. The Hall–Kier alpha value is -3.18. The van der Waals surface area contributed by atoms with E-state index in [1.165, 1.54) is 30.6 Å². The van der Waals surface area contributed by atoms with Crippen LogP contribution in [0, 0.1) is 6.92 Å². The predicted molar refractivity (Wildman–Crippen MR) is 108 cm³/mol. The second-order valence-corrected chi connectivity index (χ2v) is 8.54. The van der Waals surface area contributed by atoms with Gasteiger partial charge in [0.25, 0.3) is 10.0 Å². The summed E-state index contributed by atoms with van der Waals surface area (Å²) >= 11 is 5.55. The number of hydrogen-bond donors (Lipinski definition) is 2. The molecule has 3 N–H and O–H groups in total. The first kappa shape index (κ1) is 22.5. The summed E-state index contributed by atoms with van der Waals surface area (Å²) in [6.45, 7) is 1.60. The third-order valence-electron chi connectivity index (χ3n) is 4.08. The Kier molecular flexibility index (Phi) is 5.92. The molecule has 162 valence electrons. The summed E-state index contributed by atoms with van der Waals surface area (Å²) in [7, 11) is -4.51. The Labute approximate surface area is 180 Å². The normalized spacial score (nSPS) is 11.9. The van der Waals surface area contributed by atoms with Gasteiger partial charge in [-0.15, -0.1) is 0 Å². The molecule has 31 heavy (non-hydrogen) atoms. The average molecular weight is 471 g/mol. The minimum Gasteiger partial charge on any atom is -0.384 e. The van der Waals surface area contributed by atoms with Gasteiger partial charge in [-0.25, -0.2) is 13.4 Å². The molecule has 0 unspecified atom stereocenters. The lowest BCUT2D eigenvalue weighted by Crippen LogP contribution is -2.18. The van der Waals surface area contributed by atoms with Crippen molar-refractivity contribution in [3.63, 3.8) is 0 Å². The number of carbonyl (C=O) groups is 1. The molecule has 2 heterocycles. The molecule has 0 atom stereocenters. The predicted octanol–water partition coefficient (Wildman–Crippen LogP) is 4.07. The number of sulfonamides is 1. The van der Waals surface area contributed by atoms with Crippen molar-refractivity contribution in [3.05, 3.63) is 76.2 Å². The molecule has 2 aromatic heterocycles. The van der Waals surface area contributed by atoms with Gasteiger partial charge in [0, 0.05) is 18.0 Å². The lowest BCUT2D eigenvalue weighted by Gasteiger charge is -2.14. The highest BCUT2D eigenvalue weighted by Gasteiger charge is 2.34. The molecule has 0 saturated heterocycles. The number of benzene rings is 1. The standard InChI is InChI=1S/C19H14ClF3N4O3S/c1-10-6-15(17(26-9-10)18(28)11-4-5-25-16(24)7-11)27-31(29,30)12-2-3-14(20)13(8-12)19(21,22)23/h2-9,27H,1H3,(H2,24,25). The van der Waals surface area contributed by atoms with Crippen LogP contribution in [0.5, 0.6) is 0 Å². The van der Waals surface area contributed by atoms with Gasteiger partial charge in [0.2, 0.25) is 5.78 Å². The Morgan fingerprint density at radius 1 is 1.13 bits per heavy atom. The Morgan fingerprint density at radius 2 is 1.84 bits per heavy atom. The van der Waals surface area contributed by atoms with E-state index in [0.29, 0.717) is 11.6 Å². The van der Waals surface area contributed by atoms with Crippen LogP contribution in [0.25, 0.3) is 0 Å². The molecule has 0 amide bonds. The number of alkyl halides is 3. The van der Waals surface area contributed by atoms with Crippen molar-refractivity contribution >= 4 is 38.9 Å². The maximum absolute atomic E-state index is 13.1. The number of halogens is 4. The number of nitrogens with one attached hydrogen (secondary N) is 1. The summed E-state index contributed by atoms with van der Waals surface area (Å²) in [5.74, 6) is -0.583. The lowest BCUT2D eigenvalue weighted by atomic mass is 10.1. The zero-order chi connectivity index (χ0) is 23.0. The number of nitrogens with zero attached hydrogens (tertiary/aromatic N) is 2. The molecule has 0 aliphatic carbocycles. The number of ketones is 1. The van der Waals surface area contributed by atoms with Gasteiger partial charge in [-0.3, -0.25) is 14.5 Å². The van der Waals surface area contributed by atoms with Crippen molar-refractivity contribution in [2.24, 2.45) is 0 Å². The van der Waals surface area contributed by atoms with Crippen LogP contribution in [0.1, 0.15) is 27.2 Å². The van der Waals surface area contributed by atoms with E-state index < -0.39 is 37.5 Å². The van der Waals surface area contributed by atoms with Crippen LogP contribution in [-0.2, 0) is 16.2 Å². The molecule has 3 aromatic rings. The molecule has 0 radical (unpaired) electrons. The fraction of sp³-hybridized carbons (Fsp3) is 0.105. The van der Waals surface area contributed by atoms with Crippen LogP contribution < -0.4 is 10.5 Å². The van der Waals surface area contributed by atoms with E-state index in [0.717, 1.165) is 12.1 Å². The molecule has 0 saturated carbocycles. The zero-order valence-electron chi connectivity index (χ0n) is 15.7. The number of aryl methyl sites for hydroxylation is 1. The molecule has 0 aliphatic rings. The largest absolute Gasteiger partial charge is 0.417 e. The molecule has 12 heteroatoms. The molecule has 0 fully saturated rings. The Balaban J connectivity index is 2.05. The molecule has 3 rings (SSSR count). The monoisotopic (exact) mass is 470 g/mol. The van der Waals surface area contributed by atoms with E-state index in [-0.39, 0.29) is 22.8 Å². The number of nitrogens with two attached hydrogens (primary N) is 1. The molecule has 0 aliphatic heterocycles. The van der Waals surface area contributed by atoms with E-state index in [1.807, 2.05) is 0 Å². The number of aromatic nitrogens is 2. The van der Waals surface area contributed by atoms with Crippen LogP contribution in [-0.4, -0.2) is 24.2 Å². The van der Waals surface area contributed by atoms with Crippen molar-refractivity contribution < 1.29 is 26.4 Å². The third-order valence-corrected chi connectivity index (χ3v) is 5.77. The van der Waals surface area contributed by atoms with Gasteiger partial charge in [-0.2, -0.15) is 13.2 Å². The van der Waals surface area contributed by atoms with Gasteiger partial charge in [-0.05, 0) is 48.9 Å². The molecular formula is C19H14ClF3N4O3S. The smallest absolute Gasteiger partial charge is 0.384 e. The van der Waals surface area contributed by atoms with Crippen LogP contribution >= 0.6 is 11.6 Å². The van der Waals surface area contributed by atoms with E-state index in [9.17, 15) is 26.4 Å². The number of anilines is 2. The van der Waals surface area contributed by atoms with Crippen LogP contribution in [0.3, 0.4) is 0 Å². The number of nitrogen functional groups attached to an aromatic ring is 1. The summed E-state index contributed by atoms with van der Waals surface area (Å²) in [6.07, 6.45) is -2.21. The van der Waals surface area contributed by atoms with E-state index in [1.54, 1.807) is 6.92 Å². The van der Waals surface area contributed by atoms with Gasteiger partial charge in [0.15, 0.2) is 0 Å². The van der Waals surface area contributed by atoms with Gasteiger partial charge in [0.05, 0.1) is 21.2 Å². The van der Waals surface area contributed by atoms with Crippen LogP contribution in [0.2, 0.25) is 5.02 Å². The van der Waals surface area contributed by atoms with Crippen molar-refractivity contribution in [2.75, 3.05) is 10.5 Å². The number of rotatable bonds is 5. The fourth-order valence-electron chi connectivity index (χ4n) is 2.65. The molecule has 1 aromatic carbocycles. The summed E-state index contributed by atoms with van der Waals surface area (Å²) < 4.78 is 67.0. The topological polar surface area (TPSA) is 115 Å². The number of hydrogen-bond acceptors (Lipinski definition) is 6. The van der Waals surface area contributed by atoms with Crippen molar-refractivity contribution in [1.82, 2.24) is 9.97 Å². The average Bonchev–Trinajstić information content (AvgIpc) is 2.66. The van der Waals surface area contributed by atoms with Crippen LogP contribution in [0.15, 0.2) is 53.7 Å². The third kappa shape index (κ3) is 4.94. The maximum atomic E-state index is 13.1. The first-order valence-corrected chi connectivity index (χ1v) is 10.4. The lowest BCUT2D eigenvalue weighted by molar-refractivity contribution is -0.137. The second-order valence-electron chi connectivity index (χ2n) is 6.45. The second kappa shape index (κ2) is 8.16. The summed E-state index contributed by atoms with van der Waals surface area (Å²) in [5.41, 5.74) is 4.43. The minimum atomic E-state index is -4.85. The summed E-state index contributed by atoms with van der Waals surface area (Å²) in [6, 6.07) is 6.17. The van der Waals surface area contributed by atoms with Crippen molar-refractivity contribution in [1.29, 1.82) is 0 Å². The Bertz CT molecular complexity index is 1280. The van der Waals surface area contributed by atoms with Crippen LogP contribution in [0.4, 0.5) is 24.7 Å². The quantitative estimate of drug-likeness (QED) is 0.543. The highest BCUT2D eigenvalue weighted by Crippen LogP contribution is 2.36. The Morgan fingerprint density at radius 3 is 2.48 bits per heavy atom. The van der Waals surface area contributed by atoms with Crippen molar-refractivity contribution in [3.8, 4) is 0 Å². The SMILES string of the molecule is Cc1cnc(C(=O)c2ccnc(N)c2)c(NS(=O)(=O)c2ccc(Cl)c(C(F)(F)F)c2)c1. The van der Waals surface area contributed by atoms with E-state index in [2.05, 4.69) is 14.7 Å². The van der Waals surface area contributed by atoms with E-state index in [4.69, 9.17) is 17.3 Å². The summed E-state index contributed by atoms with van der Waals surface area (Å²) in [4.78, 5) is 19.9. The van der Waals surface area contributed by atoms with Gasteiger partial charge in [-0.1, -0.05) is 11.6 Å². The van der Waals surface area contributed by atoms with Crippen molar-refractivity contribution in [2.45, 2.75) is 18.0 Å². The fourth-order valence-corrected chi connectivity index (χ4v) is 3.95. The number of pyridine rings is 2. The van der Waals surface area contributed by atoms with E-state index >= 15 is 0 Å².